The molecule has 0 saturated carbocycles. The van der Waals surface area contributed by atoms with E-state index in [9.17, 15) is 14.9 Å². The van der Waals surface area contributed by atoms with Gasteiger partial charge in [0.1, 0.15) is 0 Å². The predicted molar refractivity (Wildman–Crippen MR) is 113 cm³/mol. The topological polar surface area (TPSA) is 75.9 Å². The maximum absolute atomic E-state index is 13.7. The van der Waals surface area contributed by atoms with Crippen LogP contribution in [0.2, 0.25) is 0 Å². The predicted octanol–water partition coefficient (Wildman–Crippen LogP) is 5.40. The van der Waals surface area contributed by atoms with Crippen LogP contribution in [-0.2, 0) is 11.3 Å². The summed E-state index contributed by atoms with van der Waals surface area (Å²) in [6, 6.07) is 22.8. The highest BCUT2D eigenvalue weighted by molar-refractivity contribution is 5.99. The van der Waals surface area contributed by atoms with Crippen LogP contribution >= 0.6 is 0 Å². The van der Waals surface area contributed by atoms with Gasteiger partial charge in [-0.2, -0.15) is 5.06 Å². The summed E-state index contributed by atoms with van der Waals surface area (Å²) in [7, 11) is 0. The number of carbonyl (C=O) groups excluding carboxylic acids is 1. The smallest absolute Gasteiger partial charge is 0.269 e. The van der Waals surface area contributed by atoms with E-state index in [-0.39, 0.29) is 18.3 Å². The molecule has 1 heterocycles. The van der Waals surface area contributed by atoms with Gasteiger partial charge in [0.15, 0.2) is 0 Å². The molecule has 0 aromatic heterocycles. The molecule has 30 heavy (non-hydrogen) atoms. The number of nitrogens with zero attached hydrogens (tertiary/aromatic N) is 3. The first-order valence-electron chi connectivity index (χ1n) is 9.70. The molecule has 7 nitrogen and oxygen atoms in total. The van der Waals surface area contributed by atoms with Gasteiger partial charge in [-0.15, -0.1) is 0 Å². The lowest BCUT2D eigenvalue weighted by atomic mass is 9.99. The molecule has 0 aliphatic carbocycles. The van der Waals surface area contributed by atoms with Crippen LogP contribution in [0.15, 0.2) is 78.9 Å². The molecule has 3 aromatic rings. The number of anilines is 2. The molecule has 0 fully saturated rings. The van der Waals surface area contributed by atoms with Gasteiger partial charge in [0, 0.05) is 12.1 Å². The van der Waals surface area contributed by atoms with Gasteiger partial charge in [-0.05, 0) is 54.8 Å². The molecule has 0 radical (unpaired) electrons. The molecule has 152 valence electrons. The van der Waals surface area contributed by atoms with Crippen LogP contribution in [0.5, 0.6) is 0 Å². The van der Waals surface area contributed by atoms with Gasteiger partial charge in [-0.3, -0.25) is 19.9 Å². The normalized spacial score (nSPS) is 15.8. The lowest BCUT2D eigenvalue weighted by Crippen LogP contribution is -2.42. The van der Waals surface area contributed by atoms with Crippen LogP contribution in [-0.4, -0.2) is 22.6 Å². The third-order valence-corrected chi connectivity index (χ3v) is 5.15. The fraction of sp³-hybridized carbons (Fsp3) is 0.174. The Morgan fingerprint density at radius 2 is 1.63 bits per heavy atom. The van der Waals surface area contributed by atoms with Crippen molar-refractivity contribution in [1.29, 1.82) is 0 Å². The standard InChI is InChI=1S/C23H21N3O4/c1-17-22-13-12-21(26(28)29)16-18(22)14-15-30-25(17)23(27)24(19-8-4-2-5-9-19)20-10-6-3-7-11-20/h2-13,16-17H,14-15H2,1H3. The monoisotopic (exact) mass is 403 g/mol. The molecule has 4 rings (SSSR count). The van der Waals surface area contributed by atoms with Crippen molar-refractivity contribution in [3.63, 3.8) is 0 Å². The van der Waals surface area contributed by atoms with Crippen molar-refractivity contribution in [2.24, 2.45) is 0 Å². The number of non-ortho nitro benzene ring substituents is 1. The summed E-state index contributed by atoms with van der Waals surface area (Å²) < 4.78 is 0. The molecule has 1 aliphatic heterocycles. The van der Waals surface area contributed by atoms with E-state index in [1.807, 2.05) is 67.6 Å². The molecule has 0 N–H and O–H groups in total. The van der Waals surface area contributed by atoms with Gasteiger partial charge in [0.25, 0.3) is 5.69 Å². The van der Waals surface area contributed by atoms with Gasteiger partial charge in [0.05, 0.1) is 28.9 Å². The van der Waals surface area contributed by atoms with Crippen molar-refractivity contribution in [3.05, 3.63) is 100 Å². The minimum atomic E-state index is -0.411. The van der Waals surface area contributed by atoms with E-state index in [0.717, 1.165) is 22.5 Å². The second-order valence-corrected chi connectivity index (χ2v) is 7.01. The zero-order valence-electron chi connectivity index (χ0n) is 16.5. The Balaban J connectivity index is 1.72. The SMILES string of the molecule is CC1c2ccc([N+](=O)[O-])cc2CCON1C(=O)N(c1ccccc1)c1ccccc1. The molecule has 3 aromatic carbocycles. The molecule has 1 atom stereocenters. The molecule has 0 spiro atoms. The van der Waals surface area contributed by atoms with Crippen molar-refractivity contribution in [1.82, 2.24) is 5.06 Å². The van der Waals surface area contributed by atoms with E-state index in [1.165, 1.54) is 11.1 Å². The zero-order valence-corrected chi connectivity index (χ0v) is 16.5. The number of para-hydroxylation sites is 2. The molecular formula is C23H21N3O4. The average Bonchev–Trinajstić information content (AvgIpc) is 2.94. The highest BCUT2D eigenvalue weighted by Gasteiger charge is 2.32. The lowest BCUT2D eigenvalue weighted by molar-refractivity contribution is -0.384. The maximum atomic E-state index is 13.7. The molecular weight excluding hydrogens is 382 g/mol. The summed E-state index contributed by atoms with van der Waals surface area (Å²) in [6.07, 6.45) is 0.488. The van der Waals surface area contributed by atoms with Crippen LogP contribution in [0.3, 0.4) is 0 Å². The van der Waals surface area contributed by atoms with Gasteiger partial charge in [0.2, 0.25) is 0 Å². The minimum Gasteiger partial charge on any atom is -0.269 e. The first-order valence-corrected chi connectivity index (χ1v) is 9.70. The number of rotatable bonds is 3. The van der Waals surface area contributed by atoms with Crippen LogP contribution < -0.4 is 4.90 Å². The van der Waals surface area contributed by atoms with Crippen molar-refractivity contribution >= 4 is 23.1 Å². The second kappa shape index (κ2) is 8.34. The van der Waals surface area contributed by atoms with Crippen molar-refractivity contribution in [2.75, 3.05) is 11.5 Å². The van der Waals surface area contributed by atoms with Gasteiger partial charge in [-0.25, -0.2) is 4.79 Å². The number of carbonyl (C=O) groups is 1. The Morgan fingerprint density at radius 1 is 1.03 bits per heavy atom. The number of urea groups is 1. The lowest BCUT2D eigenvalue weighted by Gasteiger charge is -2.32. The summed E-state index contributed by atoms with van der Waals surface area (Å²) in [6.45, 7) is 2.11. The summed E-state index contributed by atoms with van der Waals surface area (Å²) in [4.78, 5) is 31.8. The molecule has 1 aliphatic rings. The zero-order chi connectivity index (χ0) is 21.1. The molecule has 0 saturated heterocycles. The molecule has 7 heteroatoms. The Labute approximate surface area is 174 Å². The van der Waals surface area contributed by atoms with Crippen LogP contribution in [0.1, 0.15) is 24.1 Å². The number of nitro benzene ring substituents is 1. The quantitative estimate of drug-likeness (QED) is 0.433. The van der Waals surface area contributed by atoms with Crippen LogP contribution in [0.25, 0.3) is 0 Å². The van der Waals surface area contributed by atoms with Gasteiger partial charge in [-0.1, -0.05) is 36.4 Å². The molecule has 2 amide bonds. The fourth-order valence-electron chi connectivity index (χ4n) is 3.67. The summed E-state index contributed by atoms with van der Waals surface area (Å²) >= 11 is 0. The average molecular weight is 403 g/mol. The largest absolute Gasteiger partial charge is 0.353 e. The van der Waals surface area contributed by atoms with E-state index in [4.69, 9.17) is 4.84 Å². The fourth-order valence-corrected chi connectivity index (χ4v) is 3.67. The third kappa shape index (κ3) is 3.75. The van der Waals surface area contributed by atoms with E-state index in [2.05, 4.69) is 0 Å². The number of amides is 2. The Hall–Kier alpha value is -3.71. The van der Waals surface area contributed by atoms with E-state index in [1.54, 1.807) is 17.0 Å². The number of hydrogen-bond acceptors (Lipinski definition) is 4. The summed E-state index contributed by atoms with van der Waals surface area (Å²) in [5, 5.41) is 12.5. The van der Waals surface area contributed by atoms with Crippen molar-refractivity contribution in [2.45, 2.75) is 19.4 Å². The highest BCUT2D eigenvalue weighted by atomic mass is 16.7. The highest BCUT2D eigenvalue weighted by Crippen LogP contribution is 2.34. The number of hydroxylamine groups is 2. The third-order valence-electron chi connectivity index (χ3n) is 5.15. The number of benzene rings is 3. The maximum Gasteiger partial charge on any atom is 0.353 e. The molecule has 0 bridgehead atoms. The van der Waals surface area contributed by atoms with Crippen LogP contribution in [0, 0.1) is 10.1 Å². The van der Waals surface area contributed by atoms with Crippen LogP contribution in [0.4, 0.5) is 21.9 Å². The summed E-state index contributed by atoms with van der Waals surface area (Å²) in [5.74, 6) is 0. The first-order chi connectivity index (χ1) is 14.6. The summed E-state index contributed by atoms with van der Waals surface area (Å²) in [5.41, 5.74) is 3.14. The Kier molecular flexibility index (Phi) is 5.45. The van der Waals surface area contributed by atoms with Gasteiger partial charge < -0.3 is 0 Å². The number of hydrogen-bond donors (Lipinski definition) is 0. The van der Waals surface area contributed by atoms with Crippen molar-refractivity contribution in [3.8, 4) is 0 Å². The van der Waals surface area contributed by atoms with E-state index < -0.39 is 11.0 Å². The van der Waals surface area contributed by atoms with E-state index >= 15 is 0 Å². The number of nitro groups is 1. The minimum absolute atomic E-state index is 0.0379. The van der Waals surface area contributed by atoms with E-state index in [0.29, 0.717) is 6.42 Å². The first kappa shape index (κ1) is 19.6. The van der Waals surface area contributed by atoms with Crippen molar-refractivity contribution < 1.29 is 14.6 Å². The molecule has 1 unspecified atom stereocenters. The Morgan fingerprint density at radius 3 is 2.20 bits per heavy atom. The second-order valence-electron chi connectivity index (χ2n) is 7.01. The van der Waals surface area contributed by atoms with Gasteiger partial charge >= 0.3 is 6.03 Å². The Bertz CT molecular complexity index is 1020. The number of fused-ring (bicyclic) bond motifs is 1.